The van der Waals surface area contributed by atoms with E-state index in [1.807, 2.05) is 39.8 Å². The molecule has 6 heteroatoms. The summed E-state index contributed by atoms with van der Waals surface area (Å²) in [5.41, 5.74) is 2.73. The quantitative estimate of drug-likeness (QED) is 0.835. The van der Waals surface area contributed by atoms with Crippen LogP contribution in [-0.4, -0.2) is 33.7 Å². The Hall–Kier alpha value is -1.56. The van der Waals surface area contributed by atoms with Gasteiger partial charge in [-0.25, -0.2) is 8.42 Å². The van der Waals surface area contributed by atoms with Gasteiger partial charge < -0.3 is 5.32 Å². The van der Waals surface area contributed by atoms with E-state index in [9.17, 15) is 13.2 Å². The Balaban J connectivity index is 2.83. The van der Waals surface area contributed by atoms with Crippen molar-refractivity contribution in [2.24, 2.45) is 5.92 Å². The van der Waals surface area contributed by atoms with Crippen molar-refractivity contribution < 1.29 is 13.2 Å². The van der Waals surface area contributed by atoms with Gasteiger partial charge in [0.15, 0.2) is 0 Å². The molecule has 0 aliphatic heterocycles. The van der Waals surface area contributed by atoms with Crippen LogP contribution in [0.25, 0.3) is 0 Å². The lowest BCUT2D eigenvalue weighted by Crippen LogP contribution is -2.35. The van der Waals surface area contributed by atoms with Crippen molar-refractivity contribution in [2.45, 2.75) is 34.1 Å². The van der Waals surface area contributed by atoms with Crippen molar-refractivity contribution >= 4 is 21.6 Å². The van der Waals surface area contributed by atoms with Crippen molar-refractivity contribution in [1.82, 2.24) is 5.32 Å². The monoisotopic (exact) mass is 326 g/mol. The van der Waals surface area contributed by atoms with E-state index in [4.69, 9.17) is 0 Å². The zero-order valence-corrected chi connectivity index (χ0v) is 14.8. The van der Waals surface area contributed by atoms with E-state index >= 15 is 0 Å². The molecular formula is C16H26N2O3S. The van der Waals surface area contributed by atoms with Crippen molar-refractivity contribution in [2.75, 3.05) is 23.7 Å². The first-order valence-electron chi connectivity index (χ1n) is 7.43. The molecule has 0 saturated carbocycles. The molecular weight excluding hydrogens is 300 g/mol. The number of hydrogen-bond acceptors (Lipinski definition) is 3. The molecule has 0 aliphatic carbocycles. The van der Waals surface area contributed by atoms with Crippen LogP contribution in [0.4, 0.5) is 5.69 Å². The van der Waals surface area contributed by atoms with Gasteiger partial charge in [-0.1, -0.05) is 19.9 Å². The first kappa shape index (κ1) is 18.5. The van der Waals surface area contributed by atoms with E-state index in [1.54, 1.807) is 6.07 Å². The molecule has 1 aromatic rings. The minimum Gasteiger partial charge on any atom is -0.356 e. The van der Waals surface area contributed by atoms with Crippen LogP contribution in [0.15, 0.2) is 18.2 Å². The number of aryl methyl sites for hydroxylation is 2. The average molecular weight is 326 g/mol. The minimum absolute atomic E-state index is 0.133. The summed E-state index contributed by atoms with van der Waals surface area (Å²) in [6, 6.07) is 5.50. The molecule has 0 aromatic heterocycles. The molecule has 0 saturated heterocycles. The molecule has 0 heterocycles. The highest BCUT2D eigenvalue weighted by atomic mass is 32.2. The van der Waals surface area contributed by atoms with Crippen LogP contribution in [0, 0.1) is 19.8 Å². The van der Waals surface area contributed by atoms with Gasteiger partial charge in [0.05, 0.1) is 11.9 Å². The van der Waals surface area contributed by atoms with E-state index in [-0.39, 0.29) is 18.9 Å². The fourth-order valence-corrected chi connectivity index (χ4v) is 2.90. The number of nitrogens with one attached hydrogen (secondary N) is 1. The Morgan fingerprint density at radius 1 is 1.23 bits per heavy atom. The van der Waals surface area contributed by atoms with Gasteiger partial charge in [-0.15, -0.1) is 0 Å². The third-order valence-corrected chi connectivity index (χ3v) is 4.62. The molecule has 0 aliphatic rings. The molecule has 0 unspecified atom stereocenters. The first-order valence-corrected chi connectivity index (χ1v) is 9.27. The van der Waals surface area contributed by atoms with E-state index in [2.05, 4.69) is 5.32 Å². The van der Waals surface area contributed by atoms with Gasteiger partial charge in [0.25, 0.3) is 0 Å². The molecule has 1 N–H and O–H groups in total. The Labute approximate surface area is 133 Å². The highest BCUT2D eigenvalue weighted by molar-refractivity contribution is 7.92. The van der Waals surface area contributed by atoms with E-state index in [0.717, 1.165) is 17.4 Å². The van der Waals surface area contributed by atoms with Crippen molar-refractivity contribution in [3.63, 3.8) is 0 Å². The molecule has 1 amide bonds. The fraction of sp³-hybridized carbons (Fsp3) is 0.562. The van der Waals surface area contributed by atoms with Gasteiger partial charge in [0, 0.05) is 19.5 Å². The lowest BCUT2D eigenvalue weighted by Gasteiger charge is -2.23. The van der Waals surface area contributed by atoms with E-state index < -0.39 is 10.0 Å². The fourth-order valence-electron chi connectivity index (χ4n) is 1.98. The Kier molecular flexibility index (Phi) is 6.41. The average Bonchev–Trinajstić information content (AvgIpc) is 2.39. The van der Waals surface area contributed by atoms with Crippen LogP contribution >= 0.6 is 0 Å². The summed E-state index contributed by atoms with van der Waals surface area (Å²) >= 11 is 0. The molecule has 22 heavy (non-hydrogen) atoms. The number of rotatable bonds is 7. The summed E-state index contributed by atoms with van der Waals surface area (Å²) in [6.07, 6.45) is 1.31. The zero-order valence-electron chi connectivity index (χ0n) is 14.0. The normalized spacial score (nSPS) is 11.5. The van der Waals surface area contributed by atoms with Crippen LogP contribution < -0.4 is 9.62 Å². The number of hydrogen-bond donors (Lipinski definition) is 1. The summed E-state index contributed by atoms with van der Waals surface area (Å²) in [7, 11) is -3.42. The largest absolute Gasteiger partial charge is 0.356 e. The lowest BCUT2D eigenvalue weighted by molar-refractivity contribution is -0.121. The Morgan fingerprint density at radius 2 is 1.86 bits per heavy atom. The van der Waals surface area contributed by atoms with Gasteiger partial charge in [-0.3, -0.25) is 9.10 Å². The molecule has 0 fully saturated rings. The highest BCUT2D eigenvalue weighted by Crippen LogP contribution is 2.21. The maximum absolute atomic E-state index is 12.0. The number of carbonyl (C=O) groups excluding carboxylic acids is 1. The molecule has 0 spiro atoms. The SMILES string of the molecule is Cc1ccc(N(CCC(=O)NCC(C)C)S(C)(=O)=O)cc1C. The Morgan fingerprint density at radius 3 is 2.36 bits per heavy atom. The van der Waals surface area contributed by atoms with Crippen molar-refractivity contribution in [1.29, 1.82) is 0 Å². The maximum atomic E-state index is 12.0. The molecule has 1 aromatic carbocycles. The topological polar surface area (TPSA) is 66.5 Å². The predicted octanol–water partition coefficient (Wildman–Crippen LogP) is 2.23. The number of anilines is 1. The van der Waals surface area contributed by atoms with Gasteiger partial charge in [0.2, 0.25) is 15.9 Å². The second-order valence-electron chi connectivity index (χ2n) is 6.05. The van der Waals surface area contributed by atoms with Crippen molar-refractivity contribution in [3.05, 3.63) is 29.3 Å². The predicted molar refractivity (Wildman–Crippen MR) is 90.6 cm³/mol. The van der Waals surface area contributed by atoms with Crippen LogP contribution in [-0.2, 0) is 14.8 Å². The maximum Gasteiger partial charge on any atom is 0.232 e. The van der Waals surface area contributed by atoms with Gasteiger partial charge in [-0.2, -0.15) is 0 Å². The zero-order chi connectivity index (χ0) is 16.9. The smallest absolute Gasteiger partial charge is 0.232 e. The Bertz CT molecular complexity index is 624. The van der Waals surface area contributed by atoms with Crippen LogP contribution in [0.3, 0.4) is 0 Å². The number of nitrogens with zero attached hydrogens (tertiary/aromatic N) is 1. The summed E-state index contributed by atoms with van der Waals surface area (Å²) in [5, 5.41) is 2.80. The van der Waals surface area contributed by atoms with Crippen LogP contribution in [0.5, 0.6) is 0 Å². The number of benzene rings is 1. The third-order valence-electron chi connectivity index (χ3n) is 3.43. The summed E-state index contributed by atoms with van der Waals surface area (Å²) in [4.78, 5) is 11.8. The number of carbonyl (C=O) groups is 1. The van der Waals surface area contributed by atoms with Gasteiger partial charge in [-0.05, 0) is 43.0 Å². The third kappa shape index (κ3) is 5.67. The summed E-state index contributed by atoms with van der Waals surface area (Å²) in [5.74, 6) is 0.237. The van der Waals surface area contributed by atoms with Crippen LogP contribution in [0.2, 0.25) is 0 Å². The summed E-state index contributed by atoms with van der Waals surface area (Å²) < 4.78 is 25.3. The molecule has 0 radical (unpaired) electrons. The standard InChI is InChI=1S/C16H26N2O3S/c1-12(2)11-17-16(19)8-9-18(22(5,20)21)15-7-6-13(3)14(4)10-15/h6-7,10,12H,8-9,11H2,1-5H3,(H,17,19). The first-order chi connectivity index (χ1) is 10.1. The van der Waals surface area contributed by atoms with Gasteiger partial charge in [0.1, 0.15) is 0 Å². The molecule has 1 rings (SSSR count). The lowest BCUT2D eigenvalue weighted by atomic mass is 10.1. The molecule has 5 nitrogen and oxygen atoms in total. The van der Waals surface area contributed by atoms with E-state index in [1.165, 1.54) is 4.31 Å². The number of amides is 1. The second kappa shape index (κ2) is 7.63. The second-order valence-corrected chi connectivity index (χ2v) is 7.96. The molecule has 124 valence electrons. The van der Waals surface area contributed by atoms with E-state index in [0.29, 0.717) is 18.2 Å². The minimum atomic E-state index is -3.42. The van der Waals surface area contributed by atoms with Gasteiger partial charge >= 0.3 is 0 Å². The number of sulfonamides is 1. The molecule has 0 bridgehead atoms. The van der Waals surface area contributed by atoms with Crippen LogP contribution in [0.1, 0.15) is 31.4 Å². The molecule has 0 atom stereocenters. The summed E-state index contributed by atoms with van der Waals surface area (Å²) in [6.45, 7) is 8.68. The van der Waals surface area contributed by atoms with Crippen molar-refractivity contribution in [3.8, 4) is 0 Å². The highest BCUT2D eigenvalue weighted by Gasteiger charge is 2.19.